The predicted molar refractivity (Wildman–Crippen MR) is 96.4 cm³/mol. The van der Waals surface area contributed by atoms with Gasteiger partial charge in [0.2, 0.25) is 0 Å². The number of aryl methyl sites for hydroxylation is 1. The van der Waals surface area contributed by atoms with Gasteiger partial charge in [-0.05, 0) is 31.4 Å². The number of rotatable bonds is 2. The molecule has 1 saturated heterocycles. The van der Waals surface area contributed by atoms with Crippen LogP contribution in [-0.4, -0.2) is 44.3 Å². The normalized spacial score (nSPS) is 18.6. The molecular weight excluding hydrogens is 314 g/mol. The van der Waals surface area contributed by atoms with E-state index in [9.17, 15) is 0 Å². The zero-order valence-corrected chi connectivity index (χ0v) is 14.0. The SMILES string of the molecule is Cc1cc(-c2nnc[nH]2)ccc1-c1cnc2c(n1)N1CCCC1CN2. The van der Waals surface area contributed by atoms with Crippen LogP contribution in [0.1, 0.15) is 18.4 Å². The standard InChI is InChI=1S/C18H19N7/c1-11-7-12(16-21-10-22-24-16)4-5-14(11)15-9-20-17-18(23-15)25-6-2-3-13(25)8-19-17/h4-5,7,9-10,13H,2-3,6,8H2,1H3,(H,19,20)(H,21,22,24). The number of hydrogen-bond donors (Lipinski definition) is 2. The van der Waals surface area contributed by atoms with E-state index in [1.807, 2.05) is 12.3 Å². The van der Waals surface area contributed by atoms with Crippen LogP contribution in [0.2, 0.25) is 0 Å². The van der Waals surface area contributed by atoms with E-state index in [0.717, 1.165) is 52.9 Å². The number of hydrogen-bond acceptors (Lipinski definition) is 6. The molecule has 1 unspecified atom stereocenters. The first kappa shape index (κ1) is 14.4. The van der Waals surface area contributed by atoms with Crippen molar-refractivity contribution in [1.82, 2.24) is 25.1 Å². The monoisotopic (exact) mass is 333 g/mol. The number of H-pyrrole nitrogens is 1. The number of nitrogens with one attached hydrogen (secondary N) is 2. The van der Waals surface area contributed by atoms with Crippen molar-refractivity contribution in [2.75, 3.05) is 23.3 Å². The van der Waals surface area contributed by atoms with Gasteiger partial charge in [-0.2, -0.15) is 0 Å². The molecule has 0 amide bonds. The third-order valence-corrected chi connectivity index (χ3v) is 5.10. The van der Waals surface area contributed by atoms with E-state index < -0.39 is 0 Å². The van der Waals surface area contributed by atoms with E-state index in [0.29, 0.717) is 6.04 Å². The second kappa shape index (κ2) is 5.54. The van der Waals surface area contributed by atoms with Gasteiger partial charge in [-0.25, -0.2) is 9.97 Å². The lowest BCUT2D eigenvalue weighted by atomic mass is 10.0. The Morgan fingerprint density at radius 3 is 3.08 bits per heavy atom. The summed E-state index contributed by atoms with van der Waals surface area (Å²) in [5.41, 5.74) is 4.17. The van der Waals surface area contributed by atoms with E-state index in [-0.39, 0.29) is 0 Å². The van der Waals surface area contributed by atoms with Crippen LogP contribution in [0.15, 0.2) is 30.7 Å². The lowest BCUT2D eigenvalue weighted by Gasteiger charge is -2.32. The molecule has 4 heterocycles. The molecule has 2 aromatic heterocycles. The highest BCUT2D eigenvalue weighted by Gasteiger charge is 2.32. The van der Waals surface area contributed by atoms with Gasteiger partial charge in [0.15, 0.2) is 17.5 Å². The summed E-state index contributed by atoms with van der Waals surface area (Å²) in [6.07, 6.45) is 5.90. The number of benzene rings is 1. The molecule has 1 atom stereocenters. The molecule has 7 nitrogen and oxygen atoms in total. The zero-order chi connectivity index (χ0) is 16.8. The molecule has 0 aliphatic carbocycles. The van der Waals surface area contributed by atoms with E-state index in [4.69, 9.17) is 4.98 Å². The van der Waals surface area contributed by atoms with Gasteiger partial charge in [0.05, 0.1) is 11.9 Å². The summed E-state index contributed by atoms with van der Waals surface area (Å²) in [4.78, 5) is 15.0. The Labute approximate surface area is 145 Å². The van der Waals surface area contributed by atoms with Crippen LogP contribution in [-0.2, 0) is 0 Å². The quantitative estimate of drug-likeness (QED) is 0.750. The van der Waals surface area contributed by atoms with Crippen molar-refractivity contribution in [2.24, 2.45) is 0 Å². The fourth-order valence-electron chi connectivity index (χ4n) is 3.82. The molecule has 7 heteroatoms. The van der Waals surface area contributed by atoms with Crippen LogP contribution in [0.3, 0.4) is 0 Å². The maximum atomic E-state index is 4.94. The van der Waals surface area contributed by atoms with Crippen molar-refractivity contribution in [3.8, 4) is 22.6 Å². The summed E-state index contributed by atoms with van der Waals surface area (Å²) in [6.45, 7) is 4.13. The number of aromatic nitrogens is 5. The Balaban J connectivity index is 1.55. The van der Waals surface area contributed by atoms with Gasteiger partial charge in [0.1, 0.15) is 6.33 Å². The molecule has 1 fully saturated rings. The molecule has 126 valence electrons. The van der Waals surface area contributed by atoms with Crippen LogP contribution in [0, 0.1) is 6.92 Å². The van der Waals surface area contributed by atoms with Gasteiger partial charge in [0, 0.05) is 30.3 Å². The van der Waals surface area contributed by atoms with Crippen molar-refractivity contribution in [3.05, 3.63) is 36.3 Å². The molecule has 0 bridgehead atoms. The highest BCUT2D eigenvalue weighted by molar-refractivity contribution is 5.73. The summed E-state index contributed by atoms with van der Waals surface area (Å²) in [5.74, 6) is 2.66. The van der Waals surface area contributed by atoms with Crippen molar-refractivity contribution in [2.45, 2.75) is 25.8 Å². The van der Waals surface area contributed by atoms with Crippen molar-refractivity contribution in [3.63, 3.8) is 0 Å². The fourth-order valence-corrected chi connectivity index (χ4v) is 3.82. The molecule has 3 aromatic rings. The predicted octanol–water partition coefficient (Wildman–Crippen LogP) is 2.63. The van der Waals surface area contributed by atoms with Gasteiger partial charge >= 0.3 is 0 Å². The Kier molecular flexibility index (Phi) is 3.19. The van der Waals surface area contributed by atoms with Crippen LogP contribution in [0.25, 0.3) is 22.6 Å². The van der Waals surface area contributed by atoms with Crippen LogP contribution < -0.4 is 10.2 Å². The average Bonchev–Trinajstić information content (AvgIpc) is 3.33. The average molecular weight is 333 g/mol. The maximum Gasteiger partial charge on any atom is 0.172 e. The number of fused-ring (bicyclic) bond motifs is 3. The first-order valence-electron chi connectivity index (χ1n) is 8.64. The molecule has 2 N–H and O–H groups in total. The first-order valence-corrected chi connectivity index (χ1v) is 8.64. The summed E-state index contributed by atoms with van der Waals surface area (Å²) in [5, 5.41) is 11.3. The zero-order valence-electron chi connectivity index (χ0n) is 14.0. The summed E-state index contributed by atoms with van der Waals surface area (Å²) >= 11 is 0. The Morgan fingerprint density at radius 2 is 2.24 bits per heavy atom. The van der Waals surface area contributed by atoms with Gasteiger partial charge in [-0.3, -0.25) is 0 Å². The summed E-state index contributed by atoms with van der Waals surface area (Å²) < 4.78 is 0. The Hall–Kier alpha value is -2.96. The topological polar surface area (TPSA) is 82.6 Å². The molecule has 0 spiro atoms. The molecule has 0 radical (unpaired) electrons. The van der Waals surface area contributed by atoms with Gasteiger partial charge < -0.3 is 15.2 Å². The minimum Gasteiger partial charge on any atom is -0.365 e. The van der Waals surface area contributed by atoms with Crippen molar-refractivity contribution < 1.29 is 0 Å². The van der Waals surface area contributed by atoms with Gasteiger partial charge in [-0.1, -0.05) is 12.1 Å². The van der Waals surface area contributed by atoms with Crippen LogP contribution >= 0.6 is 0 Å². The largest absolute Gasteiger partial charge is 0.365 e. The van der Waals surface area contributed by atoms with Crippen LogP contribution in [0.4, 0.5) is 11.6 Å². The Bertz CT molecular complexity index is 919. The number of nitrogens with zero attached hydrogens (tertiary/aromatic N) is 5. The molecule has 2 aliphatic heterocycles. The second-order valence-corrected chi connectivity index (χ2v) is 6.67. The van der Waals surface area contributed by atoms with Gasteiger partial charge in [0.25, 0.3) is 0 Å². The van der Waals surface area contributed by atoms with Crippen molar-refractivity contribution in [1.29, 1.82) is 0 Å². The molecular formula is C18H19N7. The second-order valence-electron chi connectivity index (χ2n) is 6.67. The maximum absolute atomic E-state index is 4.94. The number of aromatic amines is 1. The minimum atomic E-state index is 0.548. The third-order valence-electron chi connectivity index (χ3n) is 5.10. The summed E-state index contributed by atoms with van der Waals surface area (Å²) in [7, 11) is 0. The van der Waals surface area contributed by atoms with E-state index in [1.54, 1.807) is 6.33 Å². The highest BCUT2D eigenvalue weighted by atomic mass is 15.3. The Morgan fingerprint density at radius 1 is 1.28 bits per heavy atom. The van der Waals surface area contributed by atoms with Crippen LogP contribution in [0.5, 0.6) is 0 Å². The lowest BCUT2D eigenvalue weighted by Crippen LogP contribution is -2.40. The van der Waals surface area contributed by atoms with E-state index in [2.05, 4.69) is 49.4 Å². The number of anilines is 2. The first-order chi connectivity index (χ1) is 12.3. The fraction of sp³-hybridized carbons (Fsp3) is 0.333. The smallest absolute Gasteiger partial charge is 0.172 e. The van der Waals surface area contributed by atoms with Crippen molar-refractivity contribution >= 4 is 11.6 Å². The van der Waals surface area contributed by atoms with E-state index in [1.165, 1.54) is 12.8 Å². The molecule has 25 heavy (non-hydrogen) atoms. The molecule has 1 aromatic carbocycles. The van der Waals surface area contributed by atoms with Gasteiger partial charge in [-0.15, -0.1) is 10.2 Å². The molecule has 5 rings (SSSR count). The summed E-state index contributed by atoms with van der Waals surface area (Å²) in [6, 6.07) is 6.78. The lowest BCUT2D eigenvalue weighted by molar-refractivity contribution is 0.671. The molecule has 0 saturated carbocycles. The third kappa shape index (κ3) is 2.34. The molecule has 2 aliphatic rings. The van der Waals surface area contributed by atoms with E-state index >= 15 is 0 Å². The highest BCUT2D eigenvalue weighted by Crippen LogP contribution is 2.35. The minimum absolute atomic E-state index is 0.548.